The Morgan fingerprint density at radius 2 is 2.00 bits per heavy atom. The molecule has 1 N–H and O–H groups in total. The number of hydrogen-bond acceptors (Lipinski definition) is 4. The summed E-state index contributed by atoms with van der Waals surface area (Å²) in [7, 11) is 0. The van der Waals surface area contributed by atoms with Crippen LogP contribution in [-0.2, 0) is 11.3 Å². The van der Waals surface area contributed by atoms with E-state index < -0.39 is 0 Å². The van der Waals surface area contributed by atoms with Gasteiger partial charge < -0.3 is 9.88 Å². The normalized spacial score (nSPS) is 15.2. The Morgan fingerprint density at radius 1 is 1.23 bits per heavy atom. The first kappa shape index (κ1) is 19.5. The number of nitrogens with one attached hydrogen (secondary N) is 1. The number of nitrogens with zero attached hydrogens (tertiary/aromatic N) is 3. The fourth-order valence-electron chi connectivity index (χ4n) is 3.18. The van der Waals surface area contributed by atoms with Crippen LogP contribution in [0.4, 0.5) is 0 Å². The molecule has 1 aliphatic carbocycles. The largest absolute Gasteiger partial charge is 0.353 e. The second-order valence-electron chi connectivity index (χ2n) is 6.37. The van der Waals surface area contributed by atoms with Crippen molar-refractivity contribution in [1.82, 2.24) is 20.1 Å². The molecular formula is C18H22Cl2N4OS. The maximum atomic E-state index is 12.2. The first-order chi connectivity index (χ1) is 12.6. The Kier molecular flexibility index (Phi) is 6.84. The highest BCUT2D eigenvalue weighted by Gasteiger charge is 2.18. The average molecular weight is 413 g/mol. The number of benzene rings is 1. The van der Waals surface area contributed by atoms with E-state index in [-0.39, 0.29) is 5.91 Å². The van der Waals surface area contributed by atoms with Crippen molar-refractivity contribution < 1.29 is 4.79 Å². The maximum Gasteiger partial charge on any atom is 0.230 e. The molecule has 1 heterocycles. The van der Waals surface area contributed by atoms with Crippen molar-refractivity contribution in [3.05, 3.63) is 28.2 Å². The molecule has 3 rings (SSSR count). The number of hydrogen-bond donors (Lipinski definition) is 1. The fraction of sp³-hybridized carbons (Fsp3) is 0.500. The van der Waals surface area contributed by atoms with Gasteiger partial charge in [0, 0.05) is 18.2 Å². The first-order valence-corrected chi connectivity index (χ1v) is 10.6. The summed E-state index contributed by atoms with van der Waals surface area (Å²) in [6.07, 6.45) is 5.86. The zero-order valence-electron chi connectivity index (χ0n) is 14.7. The molecule has 8 heteroatoms. The van der Waals surface area contributed by atoms with Crippen LogP contribution < -0.4 is 5.32 Å². The Bertz CT molecular complexity index is 775. The molecule has 1 aromatic carbocycles. The van der Waals surface area contributed by atoms with Gasteiger partial charge in [-0.05, 0) is 38.0 Å². The van der Waals surface area contributed by atoms with Gasteiger partial charge in [-0.15, -0.1) is 10.2 Å². The topological polar surface area (TPSA) is 59.8 Å². The smallest absolute Gasteiger partial charge is 0.230 e. The Hall–Kier alpha value is -1.24. The van der Waals surface area contributed by atoms with E-state index in [9.17, 15) is 4.79 Å². The summed E-state index contributed by atoms with van der Waals surface area (Å²) < 4.78 is 1.98. The van der Waals surface area contributed by atoms with Crippen LogP contribution in [0.15, 0.2) is 23.4 Å². The van der Waals surface area contributed by atoms with E-state index in [4.69, 9.17) is 23.2 Å². The summed E-state index contributed by atoms with van der Waals surface area (Å²) in [6.45, 7) is 2.73. The van der Waals surface area contributed by atoms with E-state index >= 15 is 0 Å². The third kappa shape index (κ3) is 4.72. The summed E-state index contributed by atoms with van der Waals surface area (Å²) in [6, 6.07) is 5.73. The molecule has 1 saturated carbocycles. The van der Waals surface area contributed by atoms with Gasteiger partial charge >= 0.3 is 0 Å². The van der Waals surface area contributed by atoms with Crippen LogP contribution in [0.5, 0.6) is 0 Å². The molecule has 0 spiro atoms. The van der Waals surface area contributed by atoms with Gasteiger partial charge in [0.2, 0.25) is 5.91 Å². The Morgan fingerprint density at radius 3 is 2.69 bits per heavy atom. The molecule has 0 atom stereocenters. The van der Waals surface area contributed by atoms with Crippen LogP contribution >= 0.6 is 35.0 Å². The maximum absolute atomic E-state index is 12.2. The number of aromatic nitrogens is 3. The SMILES string of the molecule is CCn1c(SCC(=O)NC2CCCCC2)nnc1-c1ccc(Cl)c(Cl)c1. The van der Waals surface area contributed by atoms with E-state index in [0.29, 0.717) is 28.4 Å². The van der Waals surface area contributed by atoms with Gasteiger partial charge in [0.05, 0.1) is 15.8 Å². The second-order valence-corrected chi connectivity index (χ2v) is 8.13. The predicted molar refractivity (Wildman–Crippen MR) is 107 cm³/mol. The first-order valence-electron chi connectivity index (χ1n) is 8.89. The molecule has 2 aromatic rings. The van der Waals surface area contributed by atoms with Crippen molar-refractivity contribution in [1.29, 1.82) is 0 Å². The molecule has 0 saturated heterocycles. The van der Waals surface area contributed by atoms with E-state index in [1.54, 1.807) is 12.1 Å². The van der Waals surface area contributed by atoms with E-state index in [0.717, 1.165) is 29.4 Å². The van der Waals surface area contributed by atoms with Crippen molar-refractivity contribution in [2.24, 2.45) is 0 Å². The Labute approximate surface area is 167 Å². The van der Waals surface area contributed by atoms with Gasteiger partial charge in [-0.3, -0.25) is 4.79 Å². The molecular weight excluding hydrogens is 391 g/mol. The van der Waals surface area contributed by atoms with E-state index in [1.165, 1.54) is 31.0 Å². The lowest BCUT2D eigenvalue weighted by Gasteiger charge is -2.22. The molecule has 1 aromatic heterocycles. The summed E-state index contributed by atoms with van der Waals surface area (Å²) in [5, 5.41) is 13.4. The van der Waals surface area contributed by atoms with Crippen molar-refractivity contribution >= 4 is 40.9 Å². The molecule has 0 unspecified atom stereocenters. The van der Waals surface area contributed by atoms with Crippen LogP contribution in [0.25, 0.3) is 11.4 Å². The molecule has 5 nitrogen and oxygen atoms in total. The predicted octanol–water partition coefficient (Wildman–Crippen LogP) is 4.81. The number of carbonyl (C=O) groups is 1. The second kappa shape index (κ2) is 9.11. The summed E-state index contributed by atoms with van der Waals surface area (Å²) in [4.78, 5) is 12.2. The van der Waals surface area contributed by atoms with Crippen LogP contribution in [0.3, 0.4) is 0 Å². The van der Waals surface area contributed by atoms with Gasteiger partial charge in [-0.1, -0.05) is 54.2 Å². The minimum Gasteiger partial charge on any atom is -0.353 e. The van der Waals surface area contributed by atoms with Crippen molar-refractivity contribution in [3.63, 3.8) is 0 Å². The number of thioether (sulfide) groups is 1. The highest BCUT2D eigenvalue weighted by atomic mass is 35.5. The van der Waals surface area contributed by atoms with Crippen LogP contribution in [-0.4, -0.2) is 32.5 Å². The van der Waals surface area contributed by atoms with Gasteiger partial charge in [0.25, 0.3) is 0 Å². The third-order valence-electron chi connectivity index (χ3n) is 4.51. The summed E-state index contributed by atoms with van der Waals surface area (Å²) in [5.74, 6) is 1.13. The molecule has 0 bridgehead atoms. The fourth-order valence-corrected chi connectivity index (χ4v) is 4.29. The lowest BCUT2D eigenvalue weighted by atomic mass is 9.95. The van der Waals surface area contributed by atoms with Crippen molar-refractivity contribution in [2.75, 3.05) is 5.75 Å². The van der Waals surface area contributed by atoms with Gasteiger partial charge in [-0.2, -0.15) is 0 Å². The van der Waals surface area contributed by atoms with Crippen molar-refractivity contribution in [2.45, 2.75) is 56.8 Å². The molecule has 1 fully saturated rings. The molecule has 140 valence electrons. The molecule has 26 heavy (non-hydrogen) atoms. The van der Waals surface area contributed by atoms with Gasteiger partial charge in [0.15, 0.2) is 11.0 Å². The molecule has 0 radical (unpaired) electrons. The lowest BCUT2D eigenvalue weighted by molar-refractivity contribution is -0.119. The van der Waals surface area contributed by atoms with E-state index in [2.05, 4.69) is 15.5 Å². The van der Waals surface area contributed by atoms with Crippen LogP contribution in [0, 0.1) is 0 Å². The van der Waals surface area contributed by atoms with Gasteiger partial charge in [-0.25, -0.2) is 0 Å². The quantitative estimate of drug-likeness (QED) is 0.691. The average Bonchev–Trinajstić information content (AvgIpc) is 3.06. The Balaban J connectivity index is 1.66. The number of amides is 1. The summed E-state index contributed by atoms with van der Waals surface area (Å²) in [5.41, 5.74) is 0.854. The minimum absolute atomic E-state index is 0.0589. The zero-order valence-corrected chi connectivity index (χ0v) is 17.0. The standard InChI is InChI=1S/C18H22Cl2N4OS/c1-2-24-17(12-8-9-14(19)15(20)10-12)22-23-18(24)26-11-16(25)21-13-6-4-3-5-7-13/h8-10,13H,2-7,11H2,1H3,(H,21,25). The van der Waals surface area contributed by atoms with E-state index in [1.807, 2.05) is 17.6 Å². The number of rotatable bonds is 6. The van der Waals surface area contributed by atoms with Crippen molar-refractivity contribution in [3.8, 4) is 11.4 Å². The van der Waals surface area contributed by atoms with Crippen LogP contribution in [0.1, 0.15) is 39.0 Å². The molecule has 1 amide bonds. The highest BCUT2D eigenvalue weighted by Crippen LogP contribution is 2.29. The minimum atomic E-state index is 0.0589. The third-order valence-corrected chi connectivity index (χ3v) is 6.22. The molecule has 1 aliphatic rings. The van der Waals surface area contributed by atoms with Crippen LogP contribution in [0.2, 0.25) is 10.0 Å². The van der Waals surface area contributed by atoms with Gasteiger partial charge in [0.1, 0.15) is 0 Å². The monoisotopic (exact) mass is 412 g/mol. The number of halogens is 2. The number of carbonyl (C=O) groups excluding carboxylic acids is 1. The summed E-state index contributed by atoms with van der Waals surface area (Å²) >= 11 is 13.5. The highest BCUT2D eigenvalue weighted by molar-refractivity contribution is 7.99. The lowest BCUT2D eigenvalue weighted by Crippen LogP contribution is -2.37. The molecule has 0 aliphatic heterocycles. The zero-order chi connectivity index (χ0) is 18.5.